The van der Waals surface area contributed by atoms with E-state index in [4.69, 9.17) is 9.47 Å². The highest BCUT2D eigenvalue weighted by atomic mass is 16.5. The number of rotatable bonds is 9. The molecule has 35 heavy (non-hydrogen) atoms. The van der Waals surface area contributed by atoms with Crippen LogP contribution in [0.1, 0.15) is 53.0 Å². The standard InChI is InChI=1S/C27H32N2O6/c1-17-14-23(18(2)28(17)13-12-19-8-10-20(34-3)11-9-19)24(30)16-35-25(31)15-29-26(32)21-6-4-5-7-22(21)27(29)33/h8-11,14,21-22H,4-7,12-13,15-16H2,1-3H3. The molecule has 0 spiro atoms. The first-order chi connectivity index (χ1) is 16.8. The number of likely N-dealkylation sites (tertiary alicyclic amines) is 1. The maximum atomic E-state index is 12.8. The Balaban J connectivity index is 1.32. The summed E-state index contributed by atoms with van der Waals surface area (Å²) in [5.41, 5.74) is 3.42. The number of ether oxygens (including phenoxy) is 2. The van der Waals surface area contributed by atoms with Crippen molar-refractivity contribution in [3.63, 3.8) is 0 Å². The number of carbonyl (C=O) groups excluding carboxylic acids is 4. The van der Waals surface area contributed by atoms with Crippen molar-refractivity contribution in [2.75, 3.05) is 20.3 Å². The number of aryl methyl sites for hydroxylation is 2. The molecule has 2 atom stereocenters. The maximum Gasteiger partial charge on any atom is 0.326 e. The van der Waals surface area contributed by atoms with Crippen molar-refractivity contribution in [3.05, 3.63) is 52.8 Å². The number of amides is 2. The molecule has 4 rings (SSSR count). The van der Waals surface area contributed by atoms with Crippen molar-refractivity contribution in [1.29, 1.82) is 0 Å². The fourth-order valence-corrected chi connectivity index (χ4v) is 5.25. The largest absolute Gasteiger partial charge is 0.497 e. The van der Waals surface area contributed by atoms with E-state index in [1.807, 2.05) is 38.1 Å². The number of imide groups is 1. The minimum atomic E-state index is -0.744. The zero-order valence-electron chi connectivity index (χ0n) is 20.5. The highest BCUT2D eigenvalue weighted by molar-refractivity contribution is 6.07. The predicted molar refractivity (Wildman–Crippen MR) is 128 cm³/mol. The smallest absolute Gasteiger partial charge is 0.326 e. The van der Waals surface area contributed by atoms with Gasteiger partial charge in [0.1, 0.15) is 12.3 Å². The van der Waals surface area contributed by atoms with E-state index < -0.39 is 19.1 Å². The molecular weight excluding hydrogens is 448 g/mol. The Morgan fingerprint density at radius 3 is 2.23 bits per heavy atom. The second-order valence-corrected chi connectivity index (χ2v) is 9.38. The van der Waals surface area contributed by atoms with Gasteiger partial charge < -0.3 is 14.0 Å². The summed E-state index contributed by atoms with van der Waals surface area (Å²) >= 11 is 0. The van der Waals surface area contributed by atoms with Crippen LogP contribution in [0.4, 0.5) is 0 Å². The molecule has 2 heterocycles. The molecule has 0 bridgehead atoms. The molecule has 1 aromatic carbocycles. The van der Waals surface area contributed by atoms with Gasteiger partial charge in [-0.3, -0.25) is 24.1 Å². The van der Waals surface area contributed by atoms with Crippen molar-refractivity contribution >= 4 is 23.6 Å². The van der Waals surface area contributed by atoms with Gasteiger partial charge in [-0.25, -0.2) is 0 Å². The first kappa shape index (κ1) is 24.7. The lowest BCUT2D eigenvalue weighted by molar-refractivity contribution is -0.152. The SMILES string of the molecule is COc1ccc(CCn2c(C)cc(C(=O)COC(=O)CN3C(=O)C4CCCCC4C3=O)c2C)cc1. The second kappa shape index (κ2) is 10.5. The molecule has 2 aromatic rings. The number of carbonyl (C=O) groups is 4. The third-order valence-electron chi connectivity index (χ3n) is 7.24. The molecule has 1 saturated carbocycles. The third kappa shape index (κ3) is 5.16. The highest BCUT2D eigenvalue weighted by Crippen LogP contribution is 2.37. The van der Waals surface area contributed by atoms with Crippen LogP contribution >= 0.6 is 0 Å². The van der Waals surface area contributed by atoms with Crippen LogP contribution in [0.2, 0.25) is 0 Å². The Labute approximate surface area is 205 Å². The van der Waals surface area contributed by atoms with Crippen LogP contribution in [0.15, 0.2) is 30.3 Å². The summed E-state index contributed by atoms with van der Waals surface area (Å²) in [5.74, 6) is -1.45. The number of nitrogens with zero attached hydrogens (tertiary/aromatic N) is 2. The third-order valence-corrected chi connectivity index (χ3v) is 7.24. The minimum absolute atomic E-state index is 0.289. The number of esters is 1. The molecule has 2 aliphatic rings. The molecule has 2 unspecified atom stereocenters. The molecule has 8 heteroatoms. The van der Waals surface area contributed by atoms with E-state index in [0.29, 0.717) is 24.9 Å². The first-order valence-corrected chi connectivity index (χ1v) is 12.1. The first-order valence-electron chi connectivity index (χ1n) is 12.1. The summed E-state index contributed by atoms with van der Waals surface area (Å²) in [6, 6.07) is 9.68. The molecule has 8 nitrogen and oxygen atoms in total. The maximum absolute atomic E-state index is 12.8. The predicted octanol–water partition coefficient (Wildman–Crippen LogP) is 3.26. The van der Waals surface area contributed by atoms with Crippen molar-refractivity contribution in [3.8, 4) is 5.75 Å². The van der Waals surface area contributed by atoms with Gasteiger partial charge in [-0.05, 0) is 56.9 Å². The Bertz CT molecular complexity index is 1110. The van der Waals surface area contributed by atoms with Crippen LogP contribution in [0.3, 0.4) is 0 Å². The summed E-state index contributed by atoms with van der Waals surface area (Å²) in [4.78, 5) is 51.3. The van der Waals surface area contributed by atoms with E-state index in [-0.39, 0.29) is 29.4 Å². The monoisotopic (exact) mass is 480 g/mol. The molecule has 0 N–H and O–H groups in total. The van der Waals surface area contributed by atoms with E-state index in [9.17, 15) is 19.2 Å². The molecule has 186 valence electrons. The van der Waals surface area contributed by atoms with Crippen LogP contribution in [0, 0.1) is 25.7 Å². The molecular formula is C27H32N2O6. The van der Waals surface area contributed by atoms with Crippen molar-refractivity contribution < 1.29 is 28.7 Å². The minimum Gasteiger partial charge on any atom is -0.497 e. The van der Waals surface area contributed by atoms with Gasteiger partial charge in [-0.2, -0.15) is 0 Å². The van der Waals surface area contributed by atoms with Crippen molar-refractivity contribution in [2.24, 2.45) is 11.8 Å². The topological polar surface area (TPSA) is 94.9 Å². The quantitative estimate of drug-likeness (QED) is 0.311. The van der Waals surface area contributed by atoms with Crippen LogP contribution in [0.5, 0.6) is 5.75 Å². The Morgan fingerprint density at radius 1 is 1.00 bits per heavy atom. The van der Waals surface area contributed by atoms with Crippen LogP contribution in [-0.2, 0) is 32.1 Å². The van der Waals surface area contributed by atoms with E-state index in [1.54, 1.807) is 13.2 Å². The highest BCUT2D eigenvalue weighted by Gasteiger charge is 2.48. The van der Waals surface area contributed by atoms with Gasteiger partial charge in [0.2, 0.25) is 17.6 Å². The lowest BCUT2D eigenvalue weighted by Crippen LogP contribution is -2.37. The van der Waals surface area contributed by atoms with E-state index >= 15 is 0 Å². The van der Waals surface area contributed by atoms with Crippen LogP contribution in [0.25, 0.3) is 0 Å². The number of methoxy groups -OCH3 is 1. The Hall–Kier alpha value is -3.42. The molecule has 1 aliphatic carbocycles. The van der Waals surface area contributed by atoms with E-state index in [1.165, 1.54) is 0 Å². The number of Topliss-reactive ketones (excluding diaryl/α,β-unsaturated/α-hetero) is 1. The van der Waals surface area contributed by atoms with Gasteiger partial charge in [0, 0.05) is 23.5 Å². The fourth-order valence-electron chi connectivity index (χ4n) is 5.25. The van der Waals surface area contributed by atoms with Crippen molar-refractivity contribution in [1.82, 2.24) is 9.47 Å². The van der Waals surface area contributed by atoms with Crippen LogP contribution in [-0.4, -0.2) is 53.3 Å². The van der Waals surface area contributed by atoms with E-state index in [2.05, 4.69) is 4.57 Å². The van der Waals surface area contributed by atoms with Crippen molar-refractivity contribution in [2.45, 2.75) is 52.5 Å². The van der Waals surface area contributed by atoms with Gasteiger partial charge in [-0.1, -0.05) is 25.0 Å². The zero-order valence-corrected chi connectivity index (χ0v) is 20.5. The van der Waals surface area contributed by atoms with Gasteiger partial charge >= 0.3 is 5.97 Å². The van der Waals surface area contributed by atoms with Crippen LogP contribution < -0.4 is 4.74 Å². The molecule has 0 radical (unpaired) electrons. The normalized spacial score (nSPS) is 19.6. The lowest BCUT2D eigenvalue weighted by atomic mass is 9.81. The number of fused-ring (bicyclic) bond motifs is 1. The molecule has 2 amide bonds. The van der Waals surface area contributed by atoms with Gasteiger partial charge in [0.15, 0.2) is 6.61 Å². The molecule has 1 aromatic heterocycles. The summed E-state index contributed by atoms with van der Waals surface area (Å²) in [6.07, 6.45) is 4.01. The van der Waals surface area contributed by atoms with Gasteiger partial charge in [-0.15, -0.1) is 0 Å². The Morgan fingerprint density at radius 2 is 1.63 bits per heavy atom. The van der Waals surface area contributed by atoms with Gasteiger partial charge in [0.05, 0.1) is 18.9 Å². The molecule has 2 fully saturated rings. The second-order valence-electron chi connectivity index (χ2n) is 9.38. The van der Waals surface area contributed by atoms with Gasteiger partial charge in [0.25, 0.3) is 0 Å². The summed E-state index contributed by atoms with van der Waals surface area (Å²) in [5, 5.41) is 0. The zero-order chi connectivity index (χ0) is 25.1. The van der Waals surface area contributed by atoms with E-state index in [0.717, 1.165) is 46.9 Å². The summed E-state index contributed by atoms with van der Waals surface area (Å²) in [6.45, 7) is 3.66. The average molecular weight is 481 g/mol. The number of aromatic nitrogens is 1. The average Bonchev–Trinajstić information content (AvgIpc) is 3.29. The lowest BCUT2D eigenvalue weighted by Gasteiger charge is -2.19. The summed E-state index contributed by atoms with van der Waals surface area (Å²) < 4.78 is 12.4. The number of benzene rings is 1. The molecule has 1 aliphatic heterocycles. The number of hydrogen-bond donors (Lipinski definition) is 0. The fraction of sp³-hybridized carbons (Fsp3) is 0.481. The number of ketones is 1. The number of hydrogen-bond acceptors (Lipinski definition) is 6. The molecule has 1 saturated heterocycles. The Kier molecular flexibility index (Phi) is 7.38. The summed E-state index contributed by atoms with van der Waals surface area (Å²) in [7, 11) is 1.63.